The third-order valence-electron chi connectivity index (χ3n) is 3.28. The molecule has 6 nitrogen and oxygen atoms in total. The van der Waals surface area contributed by atoms with Gasteiger partial charge < -0.3 is 10.4 Å². The van der Waals surface area contributed by atoms with Crippen LogP contribution in [0.4, 0.5) is 5.69 Å². The van der Waals surface area contributed by atoms with E-state index >= 15 is 0 Å². The van der Waals surface area contributed by atoms with E-state index in [-0.39, 0.29) is 23.3 Å². The summed E-state index contributed by atoms with van der Waals surface area (Å²) in [7, 11) is -3.72. The fraction of sp³-hybridized carbons (Fsp3) is 0.500. The Labute approximate surface area is 125 Å². The van der Waals surface area contributed by atoms with Crippen molar-refractivity contribution in [1.29, 1.82) is 0 Å². The molecule has 0 heterocycles. The molecule has 2 atom stereocenters. The monoisotopic (exact) mass is 314 g/mol. The number of amides is 1. The summed E-state index contributed by atoms with van der Waals surface area (Å²) in [6, 6.07) is 4.31. The van der Waals surface area contributed by atoms with Gasteiger partial charge in [-0.2, -0.15) is 0 Å². The van der Waals surface area contributed by atoms with Gasteiger partial charge in [0.1, 0.15) is 0 Å². The van der Waals surface area contributed by atoms with Gasteiger partial charge in [0.25, 0.3) is 0 Å². The van der Waals surface area contributed by atoms with Gasteiger partial charge in [-0.25, -0.2) is 13.1 Å². The van der Waals surface area contributed by atoms with Crippen LogP contribution < -0.4 is 10.0 Å². The summed E-state index contributed by atoms with van der Waals surface area (Å²) >= 11 is 0. The second-order valence-corrected chi connectivity index (χ2v) is 6.91. The topological polar surface area (TPSA) is 95.5 Å². The Balaban J connectivity index is 3.09. The lowest BCUT2D eigenvalue weighted by molar-refractivity contribution is -0.114. The van der Waals surface area contributed by atoms with Gasteiger partial charge in [-0.15, -0.1) is 0 Å². The minimum atomic E-state index is -3.72. The number of rotatable bonds is 6. The standard InChI is InChI=1S/C14H22N2O4S/c1-9-5-6-13(15-12(4)18)7-14(9)21(19,20)16-11(3)10(2)8-17/h5-7,10-11,16-17H,8H2,1-4H3,(H,15,18). The lowest BCUT2D eigenvalue weighted by Crippen LogP contribution is -2.38. The van der Waals surface area contributed by atoms with Gasteiger partial charge in [-0.1, -0.05) is 13.0 Å². The average molecular weight is 314 g/mol. The number of carbonyl (C=O) groups is 1. The molecule has 2 unspecified atom stereocenters. The SMILES string of the molecule is CC(=O)Nc1ccc(C)c(S(=O)(=O)NC(C)C(C)CO)c1. The maximum absolute atomic E-state index is 12.4. The fourth-order valence-electron chi connectivity index (χ4n) is 1.75. The normalized spacial score (nSPS) is 14.5. The third-order valence-corrected chi connectivity index (χ3v) is 4.98. The number of hydrogen-bond acceptors (Lipinski definition) is 4. The summed E-state index contributed by atoms with van der Waals surface area (Å²) in [4.78, 5) is 11.2. The molecule has 1 amide bonds. The first-order valence-corrected chi connectivity index (χ1v) is 8.17. The van der Waals surface area contributed by atoms with Crippen molar-refractivity contribution in [3.63, 3.8) is 0 Å². The first kappa shape index (κ1) is 17.6. The first-order chi connectivity index (χ1) is 9.67. The van der Waals surface area contributed by atoms with Crippen LogP contribution in [0, 0.1) is 12.8 Å². The molecule has 0 spiro atoms. The van der Waals surface area contributed by atoms with Crippen LogP contribution in [0.5, 0.6) is 0 Å². The molecule has 0 aliphatic heterocycles. The Morgan fingerprint density at radius 2 is 1.95 bits per heavy atom. The molecule has 7 heteroatoms. The zero-order valence-corrected chi connectivity index (χ0v) is 13.5. The van der Waals surface area contributed by atoms with Crippen LogP contribution >= 0.6 is 0 Å². The first-order valence-electron chi connectivity index (χ1n) is 6.68. The van der Waals surface area contributed by atoms with Gasteiger partial charge in [-0.05, 0) is 37.5 Å². The third kappa shape index (κ3) is 4.80. The lowest BCUT2D eigenvalue weighted by Gasteiger charge is -2.20. The highest BCUT2D eigenvalue weighted by Gasteiger charge is 2.22. The molecule has 0 saturated carbocycles. The van der Waals surface area contributed by atoms with Crippen LogP contribution in [0.25, 0.3) is 0 Å². The van der Waals surface area contributed by atoms with Crippen molar-refractivity contribution in [2.45, 2.75) is 38.6 Å². The number of aliphatic hydroxyl groups excluding tert-OH is 1. The Morgan fingerprint density at radius 3 is 2.48 bits per heavy atom. The van der Waals surface area contributed by atoms with Gasteiger partial charge in [0.2, 0.25) is 15.9 Å². The number of nitrogens with one attached hydrogen (secondary N) is 2. The van der Waals surface area contributed by atoms with Crippen molar-refractivity contribution in [1.82, 2.24) is 4.72 Å². The van der Waals surface area contributed by atoms with Crippen molar-refractivity contribution in [3.8, 4) is 0 Å². The van der Waals surface area contributed by atoms with E-state index in [1.54, 1.807) is 32.9 Å². The minimum Gasteiger partial charge on any atom is -0.396 e. The molecule has 0 bridgehead atoms. The number of hydrogen-bond donors (Lipinski definition) is 3. The molecule has 3 N–H and O–H groups in total. The highest BCUT2D eigenvalue weighted by molar-refractivity contribution is 7.89. The molecule has 1 aromatic rings. The van der Waals surface area contributed by atoms with E-state index in [1.807, 2.05) is 0 Å². The number of carbonyl (C=O) groups excluding carboxylic acids is 1. The van der Waals surface area contributed by atoms with E-state index in [4.69, 9.17) is 5.11 Å². The number of aliphatic hydroxyl groups is 1. The van der Waals surface area contributed by atoms with Crippen LogP contribution in [-0.2, 0) is 14.8 Å². The Morgan fingerprint density at radius 1 is 1.33 bits per heavy atom. The van der Waals surface area contributed by atoms with Crippen molar-refractivity contribution in [3.05, 3.63) is 23.8 Å². The van der Waals surface area contributed by atoms with Crippen LogP contribution in [0.1, 0.15) is 26.3 Å². The number of sulfonamides is 1. The summed E-state index contributed by atoms with van der Waals surface area (Å²) in [5.41, 5.74) is 1.01. The number of anilines is 1. The van der Waals surface area contributed by atoms with Gasteiger partial charge in [0, 0.05) is 25.3 Å². The smallest absolute Gasteiger partial charge is 0.241 e. The van der Waals surface area contributed by atoms with E-state index in [1.165, 1.54) is 13.0 Å². The molecular weight excluding hydrogens is 292 g/mol. The average Bonchev–Trinajstić information content (AvgIpc) is 2.38. The van der Waals surface area contributed by atoms with E-state index in [9.17, 15) is 13.2 Å². The van der Waals surface area contributed by atoms with Crippen LogP contribution in [0.2, 0.25) is 0 Å². The van der Waals surface area contributed by atoms with Gasteiger partial charge in [0.05, 0.1) is 4.90 Å². The largest absolute Gasteiger partial charge is 0.396 e. The molecule has 0 saturated heterocycles. The van der Waals surface area contributed by atoms with E-state index in [0.717, 1.165) is 0 Å². The summed E-state index contributed by atoms with van der Waals surface area (Å²) in [6.45, 7) is 6.40. The van der Waals surface area contributed by atoms with Crippen molar-refractivity contribution < 1.29 is 18.3 Å². The molecule has 118 valence electrons. The zero-order valence-electron chi connectivity index (χ0n) is 12.7. The van der Waals surface area contributed by atoms with Crippen LogP contribution in [0.3, 0.4) is 0 Å². The zero-order chi connectivity index (χ0) is 16.2. The van der Waals surface area contributed by atoms with Gasteiger partial charge >= 0.3 is 0 Å². The molecule has 0 aliphatic carbocycles. The molecule has 21 heavy (non-hydrogen) atoms. The Bertz CT molecular complexity index is 613. The molecule has 0 aromatic heterocycles. The highest BCUT2D eigenvalue weighted by Crippen LogP contribution is 2.21. The van der Waals surface area contributed by atoms with E-state index in [2.05, 4.69) is 10.0 Å². The van der Waals surface area contributed by atoms with Gasteiger partial charge in [0.15, 0.2) is 0 Å². The van der Waals surface area contributed by atoms with Gasteiger partial charge in [-0.3, -0.25) is 4.79 Å². The maximum atomic E-state index is 12.4. The Kier molecular flexibility index (Phi) is 5.88. The highest BCUT2D eigenvalue weighted by atomic mass is 32.2. The molecule has 0 radical (unpaired) electrons. The number of aryl methyl sites for hydroxylation is 1. The summed E-state index contributed by atoms with van der Waals surface area (Å²) < 4.78 is 27.4. The Hall–Kier alpha value is -1.44. The maximum Gasteiger partial charge on any atom is 0.241 e. The summed E-state index contributed by atoms with van der Waals surface area (Å²) in [5.74, 6) is -0.462. The number of benzene rings is 1. The molecule has 1 aromatic carbocycles. The fourth-order valence-corrected chi connectivity index (χ4v) is 3.38. The van der Waals surface area contributed by atoms with E-state index < -0.39 is 16.1 Å². The predicted octanol–water partition coefficient (Wildman–Crippen LogP) is 1.25. The van der Waals surface area contributed by atoms with E-state index in [0.29, 0.717) is 11.3 Å². The second kappa shape index (κ2) is 7.02. The summed E-state index contributed by atoms with van der Waals surface area (Å²) in [6.07, 6.45) is 0. The lowest BCUT2D eigenvalue weighted by atomic mass is 10.1. The molecular formula is C14H22N2O4S. The predicted molar refractivity (Wildman–Crippen MR) is 81.5 cm³/mol. The molecule has 0 fully saturated rings. The summed E-state index contributed by atoms with van der Waals surface area (Å²) in [5, 5.41) is 11.6. The minimum absolute atomic E-state index is 0.103. The van der Waals surface area contributed by atoms with Crippen LogP contribution in [-0.4, -0.2) is 32.1 Å². The molecule has 1 rings (SSSR count). The molecule has 0 aliphatic rings. The second-order valence-electron chi connectivity index (χ2n) is 5.23. The van der Waals surface area contributed by atoms with Crippen LogP contribution in [0.15, 0.2) is 23.1 Å². The van der Waals surface area contributed by atoms with Crippen molar-refractivity contribution in [2.75, 3.05) is 11.9 Å². The van der Waals surface area contributed by atoms with Crippen molar-refractivity contribution >= 4 is 21.6 Å². The quantitative estimate of drug-likeness (QED) is 0.736. The van der Waals surface area contributed by atoms with Crippen molar-refractivity contribution in [2.24, 2.45) is 5.92 Å².